The Morgan fingerprint density at radius 2 is 1.97 bits per heavy atom. The summed E-state index contributed by atoms with van der Waals surface area (Å²) >= 11 is 0. The first kappa shape index (κ1) is 24.2. The molecule has 3 aliphatic heterocycles. The lowest BCUT2D eigenvalue weighted by atomic mass is 10.1. The Balaban J connectivity index is 0.00000300. The van der Waals surface area contributed by atoms with Gasteiger partial charge in [0.05, 0.1) is 6.61 Å². The molecule has 3 aliphatic rings. The molecule has 0 amide bonds. The van der Waals surface area contributed by atoms with E-state index >= 15 is 0 Å². The first-order chi connectivity index (χ1) is 13.7. The van der Waals surface area contributed by atoms with Gasteiger partial charge in [0.2, 0.25) is 0 Å². The summed E-state index contributed by atoms with van der Waals surface area (Å²) in [6.07, 6.45) is 0. The first-order valence-corrected chi connectivity index (χ1v) is 10.4. The number of hydrogen-bond donors (Lipinski definition) is 2. The largest absolute Gasteiger partial charge is 0.491 e. The average Bonchev–Trinajstić information content (AvgIpc) is 2.73. The lowest BCUT2D eigenvalue weighted by molar-refractivity contribution is 0.0154. The van der Waals surface area contributed by atoms with Crippen molar-refractivity contribution in [2.24, 2.45) is 4.99 Å². The zero-order chi connectivity index (χ0) is 19.8. The van der Waals surface area contributed by atoms with Gasteiger partial charge in [-0.2, -0.15) is 0 Å². The molecule has 0 saturated carbocycles. The number of aliphatic imine (C=N–C) groups is 1. The molecule has 2 N–H and O–H groups in total. The lowest BCUT2D eigenvalue weighted by Crippen LogP contribution is -2.63. The molecule has 1 aromatic rings. The van der Waals surface area contributed by atoms with E-state index in [1.807, 2.05) is 14.0 Å². The van der Waals surface area contributed by atoms with Gasteiger partial charge < -0.3 is 20.1 Å². The van der Waals surface area contributed by atoms with Crippen LogP contribution in [0.15, 0.2) is 23.2 Å². The summed E-state index contributed by atoms with van der Waals surface area (Å²) in [5.74, 6) is 1.74. The molecule has 8 heteroatoms. The number of hydrogen-bond acceptors (Lipinski definition) is 5. The van der Waals surface area contributed by atoms with E-state index in [-0.39, 0.29) is 24.0 Å². The van der Waals surface area contributed by atoms with Gasteiger partial charge in [0, 0.05) is 71.1 Å². The van der Waals surface area contributed by atoms with E-state index < -0.39 is 0 Å². The number of aryl methyl sites for hydroxylation is 1. The van der Waals surface area contributed by atoms with E-state index in [9.17, 15) is 0 Å². The predicted molar refractivity (Wildman–Crippen MR) is 129 cm³/mol. The summed E-state index contributed by atoms with van der Waals surface area (Å²) in [7, 11) is 1.82. The highest BCUT2D eigenvalue weighted by atomic mass is 127. The molecule has 1 atom stereocenters. The summed E-state index contributed by atoms with van der Waals surface area (Å²) in [6.45, 7) is 13.5. The van der Waals surface area contributed by atoms with Crippen molar-refractivity contribution in [3.8, 4) is 5.75 Å². The van der Waals surface area contributed by atoms with Crippen molar-refractivity contribution in [2.75, 3.05) is 66.1 Å². The molecule has 0 aliphatic carbocycles. The molecule has 3 saturated heterocycles. The molecule has 0 aromatic heterocycles. The van der Waals surface area contributed by atoms with Crippen LogP contribution in [-0.2, 0) is 11.3 Å². The summed E-state index contributed by atoms with van der Waals surface area (Å²) < 4.78 is 11.3. The number of nitrogens with one attached hydrogen (secondary N) is 2. The second kappa shape index (κ2) is 12.6. The minimum atomic E-state index is 0. The van der Waals surface area contributed by atoms with Crippen LogP contribution in [0.4, 0.5) is 0 Å². The van der Waals surface area contributed by atoms with Crippen LogP contribution in [-0.4, -0.2) is 87.9 Å². The van der Waals surface area contributed by atoms with Crippen LogP contribution in [0.3, 0.4) is 0 Å². The van der Waals surface area contributed by atoms with Crippen LogP contribution in [0, 0.1) is 6.92 Å². The van der Waals surface area contributed by atoms with Gasteiger partial charge in [-0.05, 0) is 25.5 Å². The van der Waals surface area contributed by atoms with E-state index in [1.165, 1.54) is 31.7 Å². The Morgan fingerprint density at radius 1 is 1.17 bits per heavy atom. The van der Waals surface area contributed by atoms with Gasteiger partial charge in [-0.1, -0.05) is 12.1 Å². The third-order valence-electron chi connectivity index (χ3n) is 5.48. The quantitative estimate of drug-likeness (QED) is 0.225. The summed E-state index contributed by atoms with van der Waals surface area (Å²) in [4.78, 5) is 9.53. The van der Waals surface area contributed by atoms with Gasteiger partial charge in [-0.3, -0.25) is 14.8 Å². The predicted octanol–water partition coefficient (Wildman–Crippen LogP) is 1.69. The Labute approximate surface area is 192 Å². The van der Waals surface area contributed by atoms with E-state index in [4.69, 9.17) is 9.47 Å². The van der Waals surface area contributed by atoms with Crippen molar-refractivity contribution >= 4 is 29.9 Å². The van der Waals surface area contributed by atoms with Crippen molar-refractivity contribution in [3.63, 3.8) is 0 Å². The molecular weight excluding hydrogens is 481 g/mol. The molecule has 29 heavy (non-hydrogen) atoms. The second-order valence-corrected chi connectivity index (χ2v) is 7.45. The highest BCUT2D eigenvalue weighted by molar-refractivity contribution is 14.0. The monoisotopic (exact) mass is 517 g/mol. The number of guanidine groups is 1. The van der Waals surface area contributed by atoms with Crippen LogP contribution >= 0.6 is 24.0 Å². The van der Waals surface area contributed by atoms with Crippen LogP contribution in [0.5, 0.6) is 5.75 Å². The molecule has 0 radical (unpaired) electrons. The van der Waals surface area contributed by atoms with Crippen molar-refractivity contribution < 1.29 is 9.47 Å². The van der Waals surface area contributed by atoms with E-state index in [0.717, 1.165) is 30.4 Å². The molecule has 164 valence electrons. The number of ether oxygens (including phenoxy) is 2. The maximum Gasteiger partial charge on any atom is 0.191 e. The van der Waals surface area contributed by atoms with Crippen LogP contribution in [0.1, 0.15) is 18.1 Å². The number of halogens is 1. The Morgan fingerprint density at radius 3 is 2.62 bits per heavy atom. The zero-order valence-corrected chi connectivity index (χ0v) is 20.3. The van der Waals surface area contributed by atoms with Gasteiger partial charge in [0.25, 0.3) is 0 Å². The topological polar surface area (TPSA) is 61.4 Å². The van der Waals surface area contributed by atoms with Crippen LogP contribution in [0.25, 0.3) is 0 Å². The Bertz CT molecular complexity index is 650. The number of rotatable bonds is 9. The Kier molecular flexibility index (Phi) is 10.5. The van der Waals surface area contributed by atoms with Gasteiger partial charge in [0.15, 0.2) is 5.96 Å². The second-order valence-electron chi connectivity index (χ2n) is 7.45. The van der Waals surface area contributed by atoms with Crippen molar-refractivity contribution in [1.82, 2.24) is 20.4 Å². The number of piperazine rings is 3. The number of nitrogens with zero attached hydrogens (tertiary/aromatic N) is 3. The highest BCUT2D eigenvalue weighted by Crippen LogP contribution is 2.20. The molecule has 1 aromatic carbocycles. The minimum Gasteiger partial charge on any atom is -0.491 e. The Hall–Kier alpha value is -1.10. The maximum atomic E-state index is 5.94. The normalized spacial score (nSPS) is 23.4. The zero-order valence-electron chi connectivity index (χ0n) is 17.9. The van der Waals surface area contributed by atoms with E-state index in [0.29, 0.717) is 32.4 Å². The summed E-state index contributed by atoms with van der Waals surface area (Å²) in [5, 5.41) is 6.92. The standard InChI is InChI=1S/C21H35N5O2.HI/c1-4-27-11-12-28-20-13-17(2)5-6-18(20)14-23-21(22-3)24-15-19-16-25-7-9-26(19)10-8-25;/h5-6,13,19H,4,7-12,14-16H2,1-3H3,(H2,22,23,24);1H. The van der Waals surface area contributed by atoms with Gasteiger partial charge in [0.1, 0.15) is 12.4 Å². The smallest absolute Gasteiger partial charge is 0.191 e. The number of benzene rings is 1. The maximum absolute atomic E-state index is 5.94. The summed E-state index contributed by atoms with van der Waals surface area (Å²) in [5.41, 5.74) is 2.31. The van der Waals surface area contributed by atoms with Crippen molar-refractivity contribution in [3.05, 3.63) is 29.3 Å². The highest BCUT2D eigenvalue weighted by Gasteiger charge is 2.31. The number of fused-ring (bicyclic) bond motifs is 3. The molecule has 0 spiro atoms. The van der Waals surface area contributed by atoms with E-state index in [2.05, 4.69) is 50.5 Å². The fourth-order valence-electron chi connectivity index (χ4n) is 3.83. The third-order valence-corrected chi connectivity index (χ3v) is 5.48. The van der Waals surface area contributed by atoms with E-state index in [1.54, 1.807) is 0 Å². The average molecular weight is 517 g/mol. The SMILES string of the molecule is CCOCCOc1cc(C)ccc1CNC(=NC)NCC1CN2CCN1CC2.I. The molecular formula is C21H36IN5O2. The molecule has 2 bridgehead atoms. The van der Waals surface area contributed by atoms with Crippen LogP contribution < -0.4 is 15.4 Å². The molecule has 3 heterocycles. The first-order valence-electron chi connectivity index (χ1n) is 10.4. The van der Waals surface area contributed by atoms with Crippen molar-refractivity contribution in [1.29, 1.82) is 0 Å². The third kappa shape index (κ3) is 7.27. The van der Waals surface area contributed by atoms with Gasteiger partial charge in [-0.15, -0.1) is 24.0 Å². The fraction of sp³-hybridized carbons (Fsp3) is 0.667. The summed E-state index contributed by atoms with van der Waals surface area (Å²) in [6, 6.07) is 6.88. The molecule has 7 nitrogen and oxygen atoms in total. The lowest BCUT2D eigenvalue weighted by Gasteiger charge is -2.47. The molecule has 4 rings (SSSR count). The minimum absolute atomic E-state index is 0. The van der Waals surface area contributed by atoms with Crippen LogP contribution in [0.2, 0.25) is 0 Å². The molecule has 3 fully saturated rings. The molecule has 1 unspecified atom stereocenters. The fourth-order valence-corrected chi connectivity index (χ4v) is 3.83. The van der Waals surface area contributed by atoms with Gasteiger partial charge in [-0.25, -0.2) is 0 Å². The van der Waals surface area contributed by atoms with Crippen molar-refractivity contribution in [2.45, 2.75) is 26.4 Å². The van der Waals surface area contributed by atoms with Gasteiger partial charge >= 0.3 is 0 Å².